The number of nitrogens with zero attached hydrogens (tertiary/aromatic N) is 2. The maximum atomic E-state index is 13.4. The molecular weight excluding hydrogens is 339 g/mol. The molecular formula is C19H19FN2O2S. The Morgan fingerprint density at radius 3 is 2.80 bits per heavy atom. The summed E-state index contributed by atoms with van der Waals surface area (Å²) in [5, 5.41) is 0. The Labute approximate surface area is 149 Å². The first-order chi connectivity index (χ1) is 12.0. The van der Waals surface area contributed by atoms with Gasteiger partial charge in [0.2, 0.25) is 0 Å². The number of fused-ring (bicyclic) bond motifs is 1. The quantitative estimate of drug-likeness (QED) is 0.697. The van der Waals surface area contributed by atoms with Crippen LogP contribution in [0.4, 0.5) is 4.39 Å². The van der Waals surface area contributed by atoms with Gasteiger partial charge in [0.25, 0.3) is 5.91 Å². The molecule has 0 radical (unpaired) electrons. The number of carbonyl (C=O) groups excluding carboxylic acids is 1. The van der Waals surface area contributed by atoms with E-state index in [0.29, 0.717) is 4.80 Å². The smallest absolute Gasteiger partial charge is 0.279 e. The molecule has 0 spiro atoms. The van der Waals surface area contributed by atoms with Crippen LogP contribution in [-0.2, 0) is 6.54 Å². The molecule has 0 unspecified atom stereocenters. The zero-order valence-corrected chi connectivity index (χ0v) is 15.2. The minimum atomic E-state index is -0.451. The third kappa shape index (κ3) is 3.35. The van der Waals surface area contributed by atoms with Gasteiger partial charge in [-0.1, -0.05) is 30.4 Å². The van der Waals surface area contributed by atoms with Gasteiger partial charge in [0.05, 0.1) is 11.8 Å². The topological polar surface area (TPSA) is 43.6 Å². The molecule has 25 heavy (non-hydrogen) atoms. The van der Waals surface area contributed by atoms with E-state index < -0.39 is 11.7 Å². The van der Waals surface area contributed by atoms with Crippen molar-refractivity contribution >= 4 is 27.5 Å². The van der Waals surface area contributed by atoms with Crippen LogP contribution in [0.3, 0.4) is 0 Å². The molecule has 1 amide bonds. The van der Waals surface area contributed by atoms with Gasteiger partial charge in [0, 0.05) is 12.1 Å². The largest absolute Gasteiger partial charge is 0.495 e. The predicted molar refractivity (Wildman–Crippen MR) is 97.7 cm³/mol. The molecule has 4 nitrogen and oxygen atoms in total. The molecule has 0 aliphatic rings. The summed E-state index contributed by atoms with van der Waals surface area (Å²) in [4.78, 5) is 17.3. The molecule has 0 fully saturated rings. The molecule has 2 aromatic carbocycles. The molecule has 1 heterocycles. The average Bonchev–Trinajstić information content (AvgIpc) is 2.95. The van der Waals surface area contributed by atoms with Gasteiger partial charge in [-0.3, -0.25) is 4.79 Å². The molecule has 0 atom stereocenters. The normalized spacial score (nSPS) is 11.9. The molecule has 0 aliphatic carbocycles. The molecule has 0 saturated heterocycles. The van der Waals surface area contributed by atoms with Gasteiger partial charge >= 0.3 is 0 Å². The van der Waals surface area contributed by atoms with Crippen molar-refractivity contribution in [2.75, 3.05) is 7.11 Å². The van der Waals surface area contributed by atoms with Crippen molar-refractivity contribution in [1.82, 2.24) is 4.57 Å². The van der Waals surface area contributed by atoms with Crippen LogP contribution in [-0.4, -0.2) is 17.6 Å². The van der Waals surface area contributed by atoms with Gasteiger partial charge in [-0.25, -0.2) is 4.39 Å². The van der Waals surface area contributed by atoms with Gasteiger partial charge in [0.1, 0.15) is 17.1 Å². The summed E-state index contributed by atoms with van der Waals surface area (Å²) in [5.74, 6) is -0.145. The number of methoxy groups -OCH3 is 1. The lowest BCUT2D eigenvalue weighted by molar-refractivity contribution is 0.0997. The first-order valence-corrected chi connectivity index (χ1v) is 8.88. The standard InChI is InChI=1S/C19H19FN2O2S/c1-4-10-22-16-15(24-3)9-8-12(2)17(16)25-19(22)21-18(23)13-6-5-7-14(20)11-13/h5-9,11H,4,10H2,1-3H3. The van der Waals surface area contributed by atoms with Crippen molar-refractivity contribution in [3.8, 4) is 5.75 Å². The lowest BCUT2D eigenvalue weighted by atomic mass is 10.2. The Hall–Kier alpha value is -2.47. The zero-order valence-electron chi connectivity index (χ0n) is 14.4. The molecule has 1 aromatic heterocycles. The molecule has 6 heteroatoms. The molecule has 0 saturated carbocycles. The van der Waals surface area contributed by atoms with Crippen LogP contribution in [0, 0.1) is 12.7 Å². The van der Waals surface area contributed by atoms with Crippen LogP contribution in [0.15, 0.2) is 41.4 Å². The van der Waals surface area contributed by atoms with Gasteiger partial charge < -0.3 is 9.30 Å². The first-order valence-electron chi connectivity index (χ1n) is 8.06. The Balaban J connectivity index is 2.23. The number of thiazole rings is 1. The zero-order chi connectivity index (χ0) is 18.0. The number of halogens is 1. The van der Waals surface area contributed by atoms with Gasteiger partial charge in [-0.2, -0.15) is 4.99 Å². The van der Waals surface area contributed by atoms with Crippen molar-refractivity contribution in [3.05, 3.63) is 58.1 Å². The molecule has 3 aromatic rings. The van der Waals surface area contributed by atoms with Gasteiger partial charge in [-0.15, -0.1) is 0 Å². The maximum absolute atomic E-state index is 13.4. The summed E-state index contributed by atoms with van der Waals surface area (Å²) in [6.45, 7) is 4.80. The number of benzene rings is 2. The lowest BCUT2D eigenvalue weighted by Crippen LogP contribution is -2.17. The van der Waals surface area contributed by atoms with Crippen LogP contribution in [0.2, 0.25) is 0 Å². The highest BCUT2D eigenvalue weighted by Crippen LogP contribution is 2.30. The fourth-order valence-corrected chi connectivity index (χ4v) is 3.87. The Morgan fingerprint density at radius 2 is 2.12 bits per heavy atom. The lowest BCUT2D eigenvalue weighted by Gasteiger charge is -2.08. The monoisotopic (exact) mass is 358 g/mol. The fourth-order valence-electron chi connectivity index (χ4n) is 2.73. The maximum Gasteiger partial charge on any atom is 0.279 e. The molecule has 3 rings (SSSR count). The van der Waals surface area contributed by atoms with Crippen LogP contribution < -0.4 is 9.54 Å². The minimum Gasteiger partial charge on any atom is -0.495 e. The summed E-state index contributed by atoms with van der Waals surface area (Å²) < 4.78 is 21.9. The second kappa shape index (κ2) is 7.19. The average molecular weight is 358 g/mol. The van der Waals surface area contributed by atoms with Gasteiger partial charge in [-0.05, 0) is 43.2 Å². The summed E-state index contributed by atoms with van der Waals surface area (Å²) in [5.41, 5.74) is 2.29. The van der Waals surface area contributed by atoms with Crippen LogP contribution in [0.1, 0.15) is 29.3 Å². The predicted octanol–water partition coefficient (Wildman–Crippen LogP) is 4.31. The highest BCUT2D eigenvalue weighted by Gasteiger charge is 2.14. The number of aromatic nitrogens is 1. The van der Waals surface area contributed by atoms with E-state index in [-0.39, 0.29) is 5.56 Å². The Bertz CT molecular complexity index is 1000. The number of carbonyl (C=O) groups is 1. The van der Waals surface area contributed by atoms with E-state index in [1.54, 1.807) is 13.2 Å². The molecule has 0 bridgehead atoms. The fraction of sp³-hybridized carbons (Fsp3) is 0.263. The number of hydrogen-bond donors (Lipinski definition) is 0. The van der Waals surface area contributed by atoms with Crippen LogP contribution >= 0.6 is 11.3 Å². The second-order valence-electron chi connectivity index (χ2n) is 5.73. The third-order valence-corrected chi connectivity index (χ3v) is 5.14. The Kier molecular flexibility index (Phi) is 4.99. The van der Waals surface area contributed by atoms with Crippen LogP contribution in [0.5, 0.6) is 5.75 Å². The number of hydrogen-bond acceptors (Lipinski definition) is 3. The van der Waals surface area contributed by atoms with E-state index in [1.165, 1.54) is 29.5 Å². The van der Waals surface area contributed by atoms with E-state index in [2.05, 4.69) is 11.9 Å². The van der Waals surface area contributed by atoms with Crippen molar-refractivity contribution < 1.29 is 13.9 Å². The molecule has 0 aliphatic heterocycles. The Morgan fingerprint density at radius 1 is 1.32 bits per heavy atom. The first kappa shape index (κ1) is 17.4. The van der Waals surface area contributed by atoms with E-state index >= 15 is 0 Å². The molecule has 0 N–H and O–H groups in total. The third-order valence-electron chi connectivity index (χ3n) is 3.92. The highest BCUT2D eigenvalue weighted by molar-refractivity contribution is 7.16. The summed E-state index contributed by atoms with van der Waals surface area (Å²) in [7, 11) is 1.63. The summed E-state index contributed by atoms with van der Waals surface area (Å²) in [6.07, 6.45) is 0.893. The van der Waals surface area contributed by atoms with Gasteiger partial charge in [0.15, 0.2) is 4.80 Å². The summed E-state index contributed by atoms with van der Waals surface area (Å²) >= 11 is 1.45. The number of aryl methyl sites for hydroxylation is 2. The molecule has 130 valence electrons. The van der Waals surface area contributed by atoms with E-state index in [4.69, 9.17) is 4.74 Å². The summed E-state index contributed by atoms with van der Waals surface area (Å²) in [6, 6.07) is 9.51. The second-order valence-corrected chi connectivity index (χ2v) is 6.70. The number of amides is 1. The van der Waals surface area contributed by atoms with E-state index in [1.807, 2.05) is 23.6 Å². The number of rotatable bonds is 4. The highest BCUT2D eigenvalue weighted by atomic mass is 32.1. The van der Waals surface area contributed by atoms with Crippen molar-refractivity contribution in [1.29, 1.82) is 0 Å². The van der Waals surface area contributed by atoms with Crippen LogP contribution in [0.25, 0.3) is 10.2 Å². The van der Waals surface area contributed by atoms with Crippen molar-refractivity contribution in [3.63, 3.8) is 0 Å². The minimum absolute atomic E-state index is 0.240. The van der Waals surface area contributed by atoms with Crippen molar-refractivity contribution in [2.45, 2.75) is 26.8 Å². The van der Waals surface area contributed by atoms with E-state index in [9.17, 15) is 9.18 Å². The van der Waals surface area contributed by atoms with E-state index in [0.717, 1.165) is 34.5 Å². The SMILES string of the molecule is CCCn1c(=NC(=O)c2cccc(F)c2)sc2c(C)ccc(OC)c21. The number of ether oxygens (including phenoxy) is 1. The van der Waals surface area contributed by atoms with Crippen molar-refractivity contribution in [2.24, 2.45) is 4.99 Å².